The maximum Gasteiger partial charge on any atom is 0.266 e. The summed E-state index contributed by atoms with van der Waals surface area (Å²) in [5, 5.41) is 11.1. The molecule has 0 aromatic rings. The summed E-state index contributed by atoms with van der Waals surface area (Å²) < 4.78 is 0. The van der Waals surface area contributed by atoms with Gasteiger partial charge in [0.05, 0.1) is 4.92 Å². The van der Waals surface area contributed by atoms with Crippen LogP contribution in [0.2, 0.25) is 0 Å². The average Bonchev–Trinajstić information content (AvgIpc) is 2.71. The lowest BCUT2D eigenvalue weighted by atomic mass is 9.77. The Hall–Kier alpha value is -1.20. The van der Waals surface area contributed by atoms with Crippen LogP contribution in [-0.4, -0.2) is 53.5 Å². The molecule has 116 valence electrons. The normalized spacial score (nSPS) is 33.8. The quantitative estimate of drug-likeness (QED) is 0.578. The molecular weight excluding hydrogens is 266 g/mol. The van der Waals surface area contributed by atoms with Gasteiger partial charge in [-0.3, -0.25) is 15.0 Å². The van der Waals surface area contributed by atoms with Crippen LogP contribution >= 0.6 is 0 Å². The van der Waals surface area contributed by atoms with E-state index in [0.717, 1.165) is 19.6 Å². The smallest absolute Gasteiger partial charge is 0.266 e. The molecule has 2 aliphatic heterocycles. The Morgan fingerprint density at radius 3 is 2.62 bits per heavy atom. The standard InChI is InChI=1S/C16H25N3O2/c1-16(2)11-18(12-6-8-17(3)9-7-12)15-10-13(19(20)21)4-5-14(15)16/h4-5,10,12,14-15H,6-9,11H2,1-3H3. The monoisotopic (exact) mass is 291 g/mol. The number of hydrogen-bond donors (Lipinski definition) is 0. The van der Waals surface area contributed by atoms with E-state index in [0.29, 0.717) is 12.0 Å². The fraction of sp³-hybridized carbons (Fsp3) is 0.750. The number of nitro groups is 1. The van der Waals surface area contributed by atoms with Gasteiger partial charge in [0, 0.05) is 36.7 Å². The van der Waals surface area contributed by atoms with Crippen LogP contribution in [0.25, 0.3) is 0 Å². The first-order valence-electron chi connectivity index (χ1n) is 7.87. The SMILES string of the molecule is CN1CCC(N2CC(C)(C)C3C=CC([N+](=O)[O-])=CC32)CC1. The van der Waals surface area contributed by atoms with Gasteiger partial charge in [0.1, 0.15) is 0 Å². The summed E-state index contributed by atoms with van der Waals surface area (Å²) in [7, 11) is 2.17. The average molecular weight is 291 g/mol. The summed E-state index contributed by atoms with van der Waals surface area (Å²) in [5.74, 6) is 0.390. The largest absolute Gasteiger partial charge is 0.306 e. The minimum atomic E-state index is -0.259. The summed E-state index contributed by atoms with van der Waals surface area (Å²) in [4.78, 5) is 15.7. The van der Waals surface area contributed by atoms with Crippen LogP contribution in [0.4, 0.5) is 0 Å². The van der Waals surface area contributed by atoms with Gasteiger partial charge in [0.2, 0.25) is 0 Å². The Morgan fingerprint density at radius 1 is 1.33 bits per heavy atom. The number of hydrogen-bond acceptors (Lipinski definition) is 4. The Balaban J connectivity index is 1.84. The van der Waals surface area contributed by atoms with Gasteiger partial charge >= 0.3 is 0 Å². The minimum Gasteiger partial charge on any atom is -0.306 e. The van der Waals surface area contributed by atoms with E-state index in [-0.39, 0.29) is 22.1 Å². The number of nitrogens with zero attached hydrogens (tertiary/aromatic N) is 3. The van der Waals surface area contributed by atoms with Crippen molar-refractivity contribution in [1.29, 1.82) is 0 Å². The molecule has 0 aromatic heterocycles. The van der Waals surface area contributed by atoms with E-state index in [2.05, 4.69) is 36.8 Å². The third-order valence-electron chi connectivity index (χ3n) is 5.43. The second-order valence-corrected chi connectivity index (χ2v) is 7.42. The fourth-order valence-corrected chi connectivity index (χ4v) is 4.18. The van der Waals surface area contributed by atoms with Crippen LogP contribution in [0.3, 0.4) is 0 Å². The summed E-state index contributed by atoms with van der Waals surface area (Å²) in [6.07, 6.45) is 7.98. The zero-order chi connectivity index (χ0) is 15.2. The molecule has 3 rings (SSSR count). The molecule has 2 saturated heterocycles. The minimum absolute atomic E-state index is 0.184. The van der Waals surface area contributed by atoms with Crippen molar-refractivity contribution in [3.05, 3.63) is 34.0 Å². The van der Waals surface area contributed by atoms with Gasteiger partial charge in [-0.1, -0.05) is 19.9 Å². The molecule has 3 aliphatic rings. The van der Waals surface area contributed by atoms with Gasteiger partial charge in [-0.05, 0) is 38.4 Å². The first-order chi connectivity index (χ1) is 9.88. The predicted molar refractivity (Wildman–Crippen MR) is 82.5 cm³/mol. The molecule has 2 unspecified atom stereocenters. The molecule has 21 heavy (non-hydrogen) atoms. The van der Waals surface area contributed by atoms with Crippen LogP contribution < -0.4 is 0 Å². The third kappa shape index (κ3) is 2.64. The van der Waals surface area contributed by atoms with Crippen molar-refractivity contribution in [2.45, 2.75) is 38.8 Å². The lowest BCUT2D eigenvalue weighted by Gasteiger charge is -2.38. The molecule has 0 saturated carbocycles. The van der Waals surface area contributed by atoms with E-state index in [1.165, 1.54) is 12.8 Å². The number of fused-ring (bicyclic) bond motifs is 1. The number of likely N-dealkylation sites (tertiary alicyclic amines) is 2. The first-order valence-corrected chi connectivity index (χ1v) is 7.87. The highest BCUT2D eigenvalue weighted by molar-refractivity contribution is 5.27. The van der Waals surface area contributed by atoms with Crippen molar-refractivity contribution in [3.8, 4) is 0 Å². The van der Waals surface area contributed by atoms with Crippen LogP contribution in [-0.2, 0) is 0 Å². The lowest BCUT2D eigenvalue weighted by molar-refractivity contribution is -0.419. The van der Waals surface area contributed by atoms with Crippen LogP contribution in [0.5, 0.6) is 0 Å². The van der Waals surface area contributed by atoms with Crippen molar-refractivity contribution >= 4 is 0 Å². The number of allylic oxidation sites excluding steroid dienone is 1. The zero-order valence-electron chi connectivity index (χ0n) is 13.2. The molecule has 5 heteroatoms. The van der Waals surface area contributed by atoms with E-state index < -0.39 is 0 Å². The maximum absolute atomic E-state index is 11.1. The van der Waals surface area contributed by atoms with Crippen molar-refractivity contribution in [1.82, 2.24) is 9.80 Å². The van der Waals surface area contributed by atoms with Crippen molar-refractivity contribution in [2.75, 3.05) is 26.7 Å². The number of piperidine rings is 1. The van der Waals surface area contributed by atoms with Crippen molar-refractivity contribution in [2.24, 2.45) is 11.3 Å². The van der Waals surface area contributed by atoms with E-state index >= 15 is 0 Å². The maximum atomic E-state index is 11.1. The highest BCUT2D eigenvalue weighted by Gasteiger charge is 2.49. The van der Waals surface area contributed by atoms with E-state index in [4.69, 9.17) is 0 Å². The van der Waals surface area contributed by atoms with Crippen molar-refractivity contribution in [3.63, 3.8) is 0 Å². The van der Waals surface area contributed by atoms with Crippen LogP contribution in [0.15, 0.2) is 23.9 Å². The van der Waals surface area contributed by atoms with E-state index in [9.17, 15) is 10.1 Å². The summed E-state index contributed by atoms with van der Waals surface area (Å²) in [5.41, 5.74) is 0.440. The molecule has 2 atom stereocenters. The Kier molecular flexibility index (Phi) is 3.66. The molecule has 0 bridgehead atoms. The topological polar surface area (TPSA) is 49.6 Å². The fourth-order valence-electron chi connectivity index (χ4n) is 4.18. The molecule has 5 nitrogen and oxygen atoms in total. The molecule has 2 heterocycles. The second kappa shape index (κ2) is 5.21. The van der Waals surface area contributed by atoms with Gasteiger partial charge < -0.3 is 4.90 Å². The molecule has 0 aromatic carbocycles. The van der Waals surface area contributed by atoms with Gasteiger partial charge in [-0.2, -0.15) is 0 Å². The van der Waals surface area contributed by atoms with Gasteiger partial charge in [-0.25, -0.2) is 0 Å². The van der Waals surface area contributed by atoms with E-state index in [1.54, 1.807) is 6.08 Å². The Bertz CT molecular complexity index is 490. The van der Waals surface area contributed by atoms with Gasteiger partial charge in [0.25, 0.3) is 5.70 Å². The summed E-state index contributed by atoms with van der Waals surface area (Å²) in [6.45, 7) is 7.85. The van der Waals surface area contributed by atoms with E-state index in [1.807, 2.05) is 6.08 Å². The van der Waals surface area contributed by atoms with Crippen molar-refractivity contribution < 1.29 is 4.92 Å². The molecule has 0 amide bonds. The molecular formula is C16H25N3O2. The highest BCUT2D eigenvalue weighted by Crippen LogP contribution is 2.45. The highest BCUT2D eigenvalue weighted by atomic mass is 16.6. The summed E-state index contributed by atoms with van der Waals surface area (Å²) in [6, 6.07) is 0.755. The number of rotatable bonds is 2. The molecule has 2 fully saturated rings. The first kappa shape index (κ1) is 14.7. The molecule has 0 N–H and O–H groups in total. The third-order valence-corrected chi connectivity index (χ3v) is 5.43. The predicted octanol–water partition coefficient (Wildman–Crippen LogP) is 2.14. The Labute approximate surface area is 126 Å². The zero-order valence-corrected chi connectivity index (χ0v) is 13.2. The van der Waals surface area contributed by atoms with Crippen LogP contribution in [0.1, 0.15) is 26.7 Å². The van der Waals surface area contributed by atoms with Crippen LogP contribution in [0, 0.1) is 21.4 Å². The molecule has 0 spiro atoms. The molecule has 0 radical (unpaired) electrons. The lowest BCUT2D eigenvalue weighted by Crippen LogP contribution is -2.46. The molecule has 1 aliphatic carbocycles. The second-order valence-electron chi connectivity index (χ2n) is 7.42. The van der Waals surface area contributed by atoms with Gasteiger partial charge in [0.15, 0.2) is 0 Å². The Morgan fingerprint density at radius 2 is 2.00 bits per heavy atom. The summed E-state index contributed by atoms with van der Waals surface area (Å²) >= 11 is 0. The van der Waals surface area contributed by atoms with Gasteiger partial charge in [-0.15, -0.1) is 0 Å².